The normalized spacial score (nSPS) is 54.9. The van der Waals surface area contributed by atoms with Crippen LogP contribution in [0.15, 0.2) is 12.2 Å². The van der Waals surface area contributed by atoms with Crippen molar-refractivity contribution in [2.75, 3.05) is 0 Å². The molecule has 0 spiro atoms. The van der Waals surface area contributed by atoms with Gasteiger partial charge in [0.2, 0.25) is 0 Å². The Morgan fingerprint density at radius 1 is 1.17 bits per heavy atom. The van der Waals surface area contributed by atoms with Crippen LogP contribution < -0.4 is 0 Å². The Balaban J connectivity index is 1.56. The quantitative estimate of drug-likeness (QED) is 0.547. The van der Waals surface area contributed by atoms with Crippen LogP contribution in [0.4, 0.5) is 0 Å². The van der Waals surface area contributed by atoms with Crippen LogP contribution in [0.2, 0.25) is 0 Å². The molecule has 3 aliphatic rings. The smallest absolute Gasteiger partial charge is 0.0319 e. The summed E-state index contributed by atoms with van der Waals surface area (Å²) in [7, 11) is 0. The lowest BCUT2D eigenvalue weighted by Crippen LogP contribution is -2.15. The van der Waals surface area contributed by atoms with Gasteiger partial charge in [0, 0.05) is 0 Å². The van der Waals surface area contributed by atoms with Gasteiger partial charge in [-0.1, -0.05) is 19.1 Å². The first-order valence-corrected chi connectivity index (χ1v) is 5.51. The molecule has 0 aromatic heterocycles. The van der Waals surface area contributed by atoms with Crippen molar-refractivity contribution in [3.05, 3.63) is 12.2 Å². The van der Waals surface area contributed by atoms with Crippen molar-refractivity contribution in [2.24, 2.45) is 29.6 Å². The van der Waals surface area contributed by atoms with Crippen molar-refractivity contribution < 1.29 is 0 Å². The fourth-order valence-electron chi connectivity index (χ4n) is 2.95. The van der Waals surface area contributed by atoms with E-state index in [-0.39, 0.29) is 0 Å². The molecule has 4 atom stereocenters. The highest BCUT2D eigenvalue weighted by Crippen LogP contribution is 2.70. The fourth-order valence-corrected chi connectivity index (χ4v) is 2.95. The van der Waals surface area contributed by atoms with Crippen LogP contribution in [-0.4, -0.2) is 0 Å². The maximum absolute atomic E-state index is 2.43. The van der Waals surface area contributed by atoms with E-state index in [4.69, 9.17) is 0 Å². The van der Waals surface area contributed by atoms with E-state index >= 15 is 0 Å². The average molecular weight is 162 g/mol. The second kappa shape index (κ2) is 2.37. The van der Waals surface area contributed by atoms with Gasteiger partial charge < -0.3 is 0 Å². The number of rotatable bonds is 2. The number of allylic oxidation sites excluding steroid dienone is 2. The number of hydrogen-bond donors (Lipinski definition) is 0. The van der Waals surface area contributed by atoms with E-state index in [0.717, 1.165) is 11.8 Å². The van der Waals surface area contributed by atoms with E-state index in [9.17, 15) is 0 Å². The van der Waals surface area contributed by atoms with Gasteiger partial charge in [-0.3, -0.25) is 0 Å². The monoisotopic (exact) mass is 162 g/mol. The van der Waals surface area contributed by atoms with Crippen LogP contribution >= 0.6 is 0 Å². The van der Waals surface area contributed by atoms with Crippen molar-refractivity contribution in [3.8, 4) is 0 Å². The lowest BCUT2D eigenvalue weighted by Gasteiger charge is -2.26. The first kappa shape index (κ1) is 7.17. The highest BCUT2D eigenvalue weighted by molar-refractivity contribution is 5.12. The molecule has 66 valence electrons. The Labute approximate surface area is 75.0 Å². The lowest BCUT2D eigenvalue weighted by molar-refractivity contribution is 0.293. The molecule has 0 amide bonds. The molecule has 0 aliphatic heterocycles. The van der Waals surface area contributed by atoms with E-state index < -0.39 is 0 Å². The van der Waals surface area contributed by atoms with Gasteiger partial charge in [0.15, 0.2) is 0 Å². The molecular weight excluding hydrogens is 144 g/mol. The standard InChI is InChI=1S/C12H18/c1-8-4-2-3-5-9(8)6-10-11-7-12(10)11/h2-3,8-12H,4-7H2,1H3. The van der Waals surface area contributed by atoms with E-state index in [1.807, 2.05) is 0 Å². The first-order valence-electron chi connectivity index (χ1n) is 5.51. The molecule has 3 rings (SSSR count). The zero-order valence-electron chi connectivity index (χ0n) is 7.87. The molecule has 0 N–H and O–H groups in total. The van der Waals surface area contributed by atoms with Gasteiger partial charge in [-0.25, -0.2) is 0 Å². The largest absolute Gasteiger partial charge is 0.0883 e. The average Bonchev–Trinajstić information content (AvgIpc) is 2.91. The molecule has 0 aromatic carbocycles. The zero-order valence-corrected chi connectivity index (χ0v) is 7.87. The number of fused-ring (bicyclic) bond motifs is 1. The summed E-state index contributed by atoms with van der Waals surface area (Å²) >= 11 is 0. The molecule has 2 fully saturated rings. The maximum atomic E-state index is 2.43. The van der Waals surface area contributed by atoms with Crippen LogP contribution in [0.5, 0.6) is 0 Å². The summed E-state index contributed by atoms with van der Waals surface area (Å²) < 4.78 is 0. The van der Waals surface area contributed by atoms with Crippen molar-refractivity contribution in [3.63, 3.8) is 0 Å². The second-order valence-corrected chi connectivity index (χ2v) is 5.14. The van der Waals surface area contributed by atoms with Gasteiger partial charge in [0.05, 0.1) is 0 Å². The molecule has 0 bridgehead atoms. The van der Waals surface area contributed by atoms with Crippen LogP contribution in [0.1, 0.15) is 32.6 Å². The van der Waals surface area contributed by atoms with Gasteiger partial charge in [-0.05, 0) is 55.3 Å². The molecule has 4 unspecified atom stereocenters. The van der Waals surface area contributed by atoms with Crippen molar-refractivity contribution in [1.82, 2.24) is 0 Å². The van der Waals surface area contributed by atoms with Crippen LogP contribution in [0.25, 0.3) is 0 Å². The van der Waals surface area contributed by atoms with Gasteiger partial charge in [-0.2, -0.15) is 0 Å². The maximum Gasteiger partial charge on any atom is -0.0319 e. The molecule has 2 saturated carbocycles. The molecule has 0 aromatic rings. The fraction of sp³-hybridized carbons (Fsp3) is 0.833. The van der Waals surface area contributed by atoms with E-state index in [2.05, 4.69) is 19.1 Å². The third kappa shape index (κ3) is 1.04. The predicted octanol–water partition coefficient (Wildman–Crippen LogP) is 3.24. The van der Waals surface area contributed by atoms with Crippen molar-refractivity contribution in [1.29, 1.82) is 0 Å². The summed E-state index contributed by atoms with van der Waals surface area (Å²) in [5.74, 6) is 5.61. The molecule has 0 heteroatoms. The van der Waals surface area contributed by atoms with Crippen LogP contribution in [-0.2, 0) is 0 Å². The Morgan fingerprint density at radius 2 is 1.92 bits per heavy atom. The summed E-state index contributed by atoms with van der Waals surface area (Å²) in [4.78, 5) is 0. The third-order valence-electron chi connectivity index (χ3n) is 4.34. The molecule has 0 radical (unpaired) electrons. The highest BCUT2D eigenvalue weighted by atomic mass is 14.7. The topological polar surface area (TPSA) is 0 Å². The number of hydrogen-bond acceptors (Lipinski definition) is 0. The van der Waals surface area contributed by atoms with Crippen LogP contribution in [0, 0.1) is 29.6 Å². The minimum Gasteiger partial charge on any atom is -0.0883 e. The summed E-state index contributed by atoms with van der Waals surface area (Å²) in [6, 6.07) is 0. The Morgan fingerprint density at radius 3 is 2.50 bits per heavy atom. The molecule has 0 saturated heterocycles. The lowest BCUT2D eigenvalue weighted by atomic mass is 9.80. The van der Waals surface area contributed by atoms with Crippen molar-refractivity contribution >= 4 is 0 Å². The summed E-state index contributed by atoms with van der Waals surface area (Å²) in [5.41, 5.74) is 0. The third-order valence-corrected chi connectivity index (χ3v) is 4.34. The second-order valence-electron chi connectivity index (χ2n) is 5.14. The summed E-state index contributed by atoms with van der Waals surface area (Å²) in [6.45, 7) is 2.43. The van der Waals surface area contributed by atoms with Gasteiger partial charge in [0.25, 0.3) is 0 Å². The van der Waals surface area contributed by atoms with E-state index in [1.54, 1.807) is 12.8 Å². The minimum atomic E-state index is 0.968. The van der Waals surface area contributed by atoms with Crippen molar-refractivity contribution in [2.45, 2.75) is 32.6 Å². The van der Waals surface area contributed by atoms with Crippen LogP contribution in [0.3, 0.4) is 0 Å². The van der Waals surface area contributed by atoms with Gasteiger partial charge in [-0.15, -0.1) is 0 Å². The molecule has 0 heterocycles. The van der Waals surface area contributed by atoms with Gasteiger partial charge in [0.1, 0.15) is 0 Å². The Hall–Kier alpha value is -0.260. The van der Waals surface area contributed by atoms with Gasteiger partial charge >= 0.3 is 0 Å². The Kier molecular flexibility index (Phi) is 1.42. The molecule has 12 heavy (non-hydrogen) atoms. The van der Waals surface area contributed by atoms with E-state index in [0.29, 0.717) is 0 Å². The highest BCUT2D eigenvalue weighted by Gasteiger charge is 2.63. The Bertz CT molecular complexity index is 208. The summed E-state index contributed by atoms with van der Waals surface area (Å²) in [6.07, 6.45) is 10.6. The minimum absolute atomic E-state index is 0.968. The predicted molar refractivity (Wildman–Crippen MR) is 50.7 cm³/mol. The molecular formula is C12H18. The SMILES string of the molecule is CC1CC=CCC1CC1C2CC12. The zero-order chi connectivity index (χ0) is 8.13. The first-order chi connectivity index (χ1) is 5.86. The van der Waals surface area contributed by atoms with E-state index in [1.165, 1.54) is 30.6 Å². The summed E-state index contributed by atoms with van der Waals surface area (Å²) in [5, 5.41) is 0. The molecule has 0 nitrogen and oxygen atoms in total. The molecule has 3 aliphatic carbocycles.